The van der Waals surface area contributed by atoms with Gasteiger partial charge < -0.3 is 14.6 Å². The molecule has 9 heteroatoms. The van der Waals surface area contributed by atoms with Crippen molar-refractivity contribution >= 4 is 28.1 Å². The molecule has 1 saturated heterocycles. The fraction of sp³-hybridized carbons (Fsp3) is 0.333. The van der Waals surface area contributed by atoms with Gasteiger partial charge >= 0.3 is 0 Å². The number of piperidine rings is 1. The minimum absolute atomic E-state index is 0.0752. The summed E-state index contributed by atoms with van der Waals surface area (Å²) in [5.41, 5.74) is -0.273. The molecule has 1 fully saturated rings. The average molecular weight is 386 g/mol. The van der Waals surface area contributed by atoms with E-state index in [1.54, 1.807) is 28.6 Å². The van der Waals surface area contributed by atoms with E-state index < -0.39 is 0 Å². The summed E-state index contributed by atoms with van der Waals surface area (Å²) in [5.74, 6) is -0.187. The van der Waals surface area contributed by atoms with Gasteiger partial charge in [0.2, 0.25) is 0 Å². The predicted octanol–water partition coefficient (Wildman–Crippen LogP) is 1.63. The molecule has 1 N–H and O–H groups in total. The Balaban J connectivity index is 1.42. The smallest absolute Gasteiger partial charge is 0.286 e. The number of rotatable bonds is 4. The molecule has 140 valence electrons. The zero-order valence-electron chi connectivity index (χ0n) is 14.5. The van der Waals surface area contributed by atoms with Crippen LogP contribution in [0.3, 0.4) is 0 Å². The highest BCUT2D eigenvalue weighted by atomic mass is 32.1. The van der Waals surface area contributed by atoms with Gasteiger partial charge in [-0.1, -0.05) is 0 Å². The highest BCUT2D eigenvalue weighted by Gasteiger charge is 2.27. The molecule has 4 heterocycles. The van der Waals surface area contributed by atoms with Crippen LogP contribution in [0.15, 0.2) is 45.4 Å². The number of nitrogens with one attached hydrogen (secondary N) is 1. The number of hydrogen-bond acceptors (Lipinski definition) is 6. The molecule has 0 aliphatic carbocycles. The van der Waals surface area contributed by atoms with E-state index >= 15 is 0 Å². The van der Waals surface area contributed by atoms with Crippen LogP contribution in [0.25, 0.3) is 4.96 Å². The number of likely N-dealkylation sites (tertiary alicyclic amines) is 1. The van der Waals surface area contributed by atoms with E-state index in [-0.39, 0.29) is 34.6 Å². The molecule has 27 heavy (non-hydrogen) atoms. The van der Waals surface area contributed by atoms with Gasteiger partial charge in [-0.3, -0.25) is 18.8 Å². The van der Waals surface area contributed by atoms with Crippen LogP contribution in [0.5, 0.6) is 0 Å². The van der Waals surface area contributed by atoms with E-state index in [0.717, 1.165) is 12.8 Å². The minimum atomic E-state index is -0.348. The van der Waals surface area contributed by atoms with E-state index in [4.69, 9.17) is 4.42 Å². The first kappa shape index (κ1) is 17.5. The third-order valence-electron chi connectivity index (χ3n) is 4.68. The number of nitrogens with zero attached hydrogens (tertiary/aromatic N) is 3. The second-order valence-corrected chi connectivity index (χ2v) is 7.35. The molecule has 0 saturated carbocycles. The Bertz CT molecular complexity index is 1020. The molecule has 1 unspecified atom stereocenters. The maximum Gasteiger partial charge on any atom is 0.286 e. The van der Waals surface area contributed by atoms with Crippen molar-refractivity contribution in [2.24, 2.45) is 5.92 Å². The van der Waals surface area contributed by atoms with Crippen LogP contribution in [-0.4, -0.2) is 45.7 Å². The van der Waals surface area contributed by atoms with Gasteiger partial charge in [0.05, 0.1) is 6.26 Å². The number of carbonyl (C=O) groups excluding carboxylic acids is 2. The van der Waals surface area contributed by atoms with Gasteiger partial charge in [-0.2, -0.15) is 0 Å². The number of amides is 2. The molecule has 1 aliphatic rings. The van der Waals surface area contributed by atoms with Crippen molar-refractivity contribution in [1.29, 1.82) is 0 Å². The molecule has 4 rings (SSSR count). The number of aromatic nitrogens is 2. The van der Waals surface area contributed by atoms with Gasteiger partial charge in [0.15, 0.2) is 10.7 Å². The molecule has 3 aromatic rings. The molecule has 2 amide bonds. The second kappa shape index (κ2) is 7.36. The number of thiazole rings is 1. The fourth-order valence-corrected chi connectivity index (χ4v) is 3.96. The summed E-state index contributed by atoms with van der Waals surface area (Å²) in [6.45, 7) is 1.53. The van der Waals surface area contributed by atoms with Gasteiger partial charge in [-0.05, 0) is 30.9 Å². The number of carbonyl (C=O) groups is 2. The lowest BCUT2D eigenvalue weighted by Gasteiger charge is -2.32. The van der Waals surface area contributed by atoms with Crippen LogP contribution in [0, 0.1) is 5.92 Å². The van der Waals surface area contributed by atoms with Crippen molar-refractivity contribution in [3.8, 4) is 0 Å². The van der Waals surface area contributed by atoms with Crippen molar-refractivity contribution in [2.45, 2.75) is 12.8 Å². The number of fused-ring (bicyclic) bond motifs is 1. The first-order valence-corrected chi connectivity index (χ1v) is 9.57. The van der Waals surface area contributed by atoms with E-state index in [9.17, 15) is 14.4 Å². The largest absolute Gasteiger partial charge is 0.459 e. The first-order chi connectivity index (χ1) is 13.1. The Morgan fingerprint density at radius 1 is 1.41 bits per heavy atom. The van der Waals surface area contributed by atoms with E-state index in [2.05, 4.69) is 10.3 Å². The summed E-state index contributed by atoms with van der Waals surface area (Å²) >= 11 is 1.35. The summed E-state index contributed by atoms with van der Waals surface area (Å²) in [6.07, 6.45) is 6.16. The van der Waals surface area contributed by atoms with Crippen LogP contribution in [-0.2, 0) is 0 Å². The summed E-state index contributed by atoms with van der Waals surface area (Å²) in [5, 5.41) is 4.60. The highest BCUT2D eigenvalue weighted by Crippen LogP contribution is 2.18. The van der Waals surface area contributed by atoms with E-state index in [1.807, 2.05) is 0 Å². The molecule has 0 bridgehead atoms. The van der Waals surface area contributed by atoms with E-state index in [1.165, 1.54) is 28.2 Å². The third-order valence-corrected chi connectivity index (χ3v) is 5.45. The monoisotopic (exact) mass is 386 g/mol. The summed E-state index contributed by atoms with van der Waals surface area (Å²) in [7, 11) is 0. The van der Waals surface area contributed by atoms with Crippen LogP contribution in [0.1, 0.15) is 33.8 Å². The van der Waals surface area contributed by atoms with Crippen molar-refractivity contribution in [1.82, 2.24) is 19.6 Å². The number of furan rings is 1. The highest BCUT2D eigenvalue weighted by molar-refractivity contribution is 7.15. The van der Waals surface area contributed by atoms with Crippen LogP contribution in [0.4, 0.5) is 0 Å². The second-order valence-electron chi connectivity index (χ2n) is 6.48. The molecule has 1 atom stereocenters. The Morgan fingerprint density at radius 2 is 2.30 bits per heavy atom. The first-order valence-electron chi connectivity index (χ1n) is 8.69. The molecule has 0 spiro atoms. The lowest BCUT2D eigenvalue weighted by molar-refractivity contribution is 0.0667. The van der Waals surface area contributed by atoms with Crippen LogP contribution >= 0.6 is 11.3 Å². The quantitative estimate of drug-likeness (QED) is 0.735. The number of hydrogen-bond donors (Lipinski definition) is 1. The summed E-state index contributed by atoms with van der Waals surface area (Å²) < 4.78 is 6.47. The maximum atomic E-state index is 12.8. The van der Waals surface area contributed by atoms with Gasteiger partial charge in [0.25, 0.3) is 17.4 Å². The molecular formula is C18H18N4O4S. The lowest BCUT2D eigenvalue weighted by atomic mass is 9.97. The minimum Gasteiger partial charge on any atom is -0.459 e. The predicted molar refractivity (Wildman–Crippen MR) is 99.0 cm³/mol. The third kappa shape index (κ3) is 3.50. The molecule has 0 radical (unpaired) electrons. The molecular weight excluding hydrogens is 368 g/mol. The van der Waals surface area contributed by atoms with Crippen LogP contribution in [0.2, 0.25) is 0 Å². The lowest BCUT2D eigenvalue weighted by Crippen LogP contribution is -2.45. The normalized spacial score (nSPS) is 17.2. The Morgan fingerprint density at radius 3 is 3.11 bits per heavy atom. The van der Waals surface area contributed by atoms with Crippen molar-refractivity contribution in [2.75, 3.05) is 19.6 Å². The Hall–Kier alpha value is -2.94. The fourth-order valence-electron chi connectivity index (χ4n) is 3.29. The average Bonchev–Trinajstić information content (AvgIpc) is 3.38. The van der Waals surface area contributed by atoms with Crippen LogP contribution < -0.4 is 10.9 Å². The van der Waals surface area contributed by atoms with Gasteiger partial charge in [-0.25, -0.2) is 4.98 Å². The SMILES string of the molecule is O=C(NCC1CCCN(C(=O)c2cnc3sccn3c2=O)C1)c1ccco1. The molecule has 3 aromatic heterocycles. The molecule has 1 aliphatic heterocycles. The van der Waals surface area contributed by atoms with E-state index in [0.29, 0.717) is 24.6 Å². The summed E-state index contributed by atoms with van der Waals surface area (Å²) in [4.78, 5) is 43.8. The van der Waals surface area contributed by atoms with Crippen molar-refractivity contribution in [3.05, 3.63) is 57.8 Å². The van der Waals surface area contributed by atoms with Gasteiger partial charge in [0.1, 0.15) is 5.56 Å². The zero-order chi connectivity index (χ0) is 18.8. The maximum absolute atomic E-state index is 12.8. The van der Waals surface area contributed by atoms with Crippen molar-refractivity contribution in [3.63, 3.8) is 0 Å². The molecule has 8 nitrogen and oxygen atoms in total. The standard InChI is InChI=1S/C18H18N4O4S/c23-15(14-4-2-7-26-14)19-9-12-3-1-5-21(11-12)16(24)13-10-20-18-22(17(13)25)6-8-27-18/h2,4,6-8,10,12H,1,3,5,9,11H2,(H,19,23). The van der Waals surface area contributed by atoms with Gasteiger partial charge in [-0.15, -0.1) is 11.3 Å². The Kier molecular flexibility index (Phi) is 4.76. The van der Waals surface area contributed by atoms with Gasteiger partial charge in [0, 0.05) is 37.4 Å². The van der Waals surface area contributed by atoms with Crippen molar-refractivity contribution < 1.29 is 14.0 Å². The molecule has 0 aromatic carbocycles. The zero-order valence-corrected chi connectivity index (χ0v) is 15.3. The topological polar surface area (TPSA) is 96.9 Å². The summed E-state index contributed by atoms with van der Waals surface area (Å²) in [6, 6.07) is 3.26. The Labute approximate surface area is 158 Å².